The van der Waals surface area contributed by atoms with Crippen molar-refractivity contribution >= 4 is 11.6 Å². The second-order valence-electron chi connectivity index (χ2n) is 8.61. The summed E-state index contributed by atoms with van der Waals surface area (Å²) in [5.41, 5.74) is 9.29. The van der Waals surface area contributed by atoms with Gasteiger partial charge in [-0.05, 0) is 30.7 Å². The van der Waals surface area contributed by atoms with Gasteiger partial charge in [-0.25, -0.2) is 4.68 Å². The van der Waals surface area contributed by atoms with Crippen LogP contribution in [0.4, 0.5) is 5.69 Å². The maximum atomic E-state index is 14.5. The van der Waals surface area contributed by atoms with Crippen molar-refractivity contribution in [1.82, 2.24) is 9.78 Å². The number of benzene rings is 3. The van der Waals surface area contributed by atoms with Crippen molar-refractivity contribution in [1.29, 1.82) is 5.26 Å². The molecule has 1 unspecified atom stereocenters. The van der Waals surface area contributed by atoms with Crippen molar-refractivity contribution < 1.29 is 9.53 Å². The van der Waals surface area contributed by atoms with Crippen LogP contribution in [-0.2, 0) is 16.8 Å². The Morgan fingerprint density at radius 2 is 1.66 bits per heavy atom. The maximum absolute atomic E-state index is 14.5. The van der Waals surface area contributed by atoms with Crippen molar-refractivity contribution in [2.24, 2.45) is 5.73 Å². The van der Waals surface area contributed by atoms with E-state index in [0.29, 0.717) is 29.2 Å². The molecule has 35 heavy (non-hydrogen) atoms. The molecular weight excluding hydrogens is 438 g/mol. The predicted octanol–water partition coefficient (Wildman–Crippen LogP) is 4.10. The van der Waals surface area contributed by atoms with Crippen LogP contribution in [0.3, 0.4) is 0 Å². The van der Waals surface area contributed by atoms with E-state index in [-0.39, 0.29) is 17.4 Å². The highest BCUT2D eigenvalue weighted by molar-refractivity contribution is 6.14. The van der Waals surface area contributed by atoms with E-state index >= 15 is 0 Å². The third kappa shape index (κ3) is 2.77. The van der Waals surface area contributed by atoms with Gasteiger partial charge in [-0.15, -0.1) is 0 Å². The molecule has 3 heterocycles. The summed E-state index contributed by atoms with van der Waals surface area (Å²) in [4.78, 5) is 16.2. The average Bonchev–Trinajstić information content (AvgIpc) is 3.34. The first-order valence-corrected chi connectivity index (χ1v) is 11.3. The minimum absolute atomic E-state index is 0.0775. The Bertz CT molecular complexity index is 1550. The quantitative estimate of drug-likeness (QED) is 0.498. The first-order valence-electron chi connectivity index (χ1n) is 11.3. The molecule has 2 aliphatic heterocycles. The number of nitrogens with two attached hydrogens (primary N) is 1. The molecule has 6 rings (SSSR count). The lowest BCUT2D eigenvalue weighted by Crippen LogP contribution is -2.46. The zero-order chi connectivity index (χ0) is 24.2. The van der Waals surface area contributed by atoms with Crippen LogP contribution in [0.15, 0.2) is 96.4 Å². The van der Waals surface area contributed by atoms with Gasteiger partial charge in [0.2, 0.25) is 17.7 Å². The molecule has 2 aliphatic rings. The first kappa shape index (κ1) is 20.8. The van der Waals surface area contributed by atoms with Crippen LogP contribution in [0.2, 0.25) is 0 Å². The minimum Gasteiger partial charge on any atom is -0.422 e. The number of hydrogen-bond donors (Lipinski definition) is 1. The van der Waals surface area contributed by atoms with Gasteiger partial charge in [0.1, 0.15) is 17.1 Å². The van der Waals surface area contributed by atoms with Gasteiger partial charge in [0.05, 0.1) is 23.5 Å². The van der Waals surface area contributed by atoms with Gasteiger partial charge in [0.25, 0.3) is 0 Å². The summed E-state index contributed by atoms with van der Waals surface area (Å²) in [6.07, 6.45) is 0. The molecule has 170 valence electrons. The number of nitrogens with zero attached hydrogens (tertiary/aromatic N) is 4. The Morgan fingerprint density at radius 1 is 1.00 bits per heavy atom. The fourth-order valence-electron chi connectivity index (χ4n) is 5.24. The molecule has 0 radical (unpaired) electrons. The van der Waals surface area contributed by atoms with Gasteiger partial charge in [-0.1, -0.05) is 66.7 Å². The molecule has 0 saturated heterocycles. The summed E-state index contributed by atoms with van der Waals surface area (Å²) in [5, 5.41) is 15.0. The van der Waals surface area contributed by atoms with Gasteiger partial charge >= 0.3 is 0 Å². The number of rotatable bonds is 3. The first-order chi connectivity index (χ1) is 17.1. The molecule has 1 spiro atoms. The summed E-state index contributed by atoms with van der Waals surface area (Å²) in [5.74, 6) is -0.000904. The highest BCUT2D eigenvalue weighted by Crippen LogP contribution is 2.56. The third-order valence-electron chi connectivity index (χ3n) is 6.68. The normalized spacial score (nSPS) is 18.3. The van der Waals surface area contributed by atoms with E-state index in [1.165, 1.54) is 0 Å². The van der Waals surface area contributed by atoms with Crippen LogP contribution in [0.5, 0.6) is 5.88 Å². The minimum atomic E-state index is -1.45. The van der Waals surface area contributed by atoms with Crippen LogP contribution in [0.1, 0.15) is 22.4 Å². The molecule has 0 saturated carbocycles. The molecule has 3 aromatic carbocycles. The number of carbonyl (C=O) groups is 1. The topological polar surface area (TPSA) is 97.2 Å². The largest absolute Gasteiger partial charge is 0.422 e. The zero-order valence-electron chi connectivity index (χ0n) is 19.0. The maximum Gasteiger partial charge on any atom is 0.248 e. The van der Waals surface area contributed by atoms with E-state index in [1.807, 2.05) is 91.9 Å². The molecule has 1 atom stereocenters. The summed E-state index contributed by atoms with van der Waals surface area (Å²) in [6.45, 7) is 2.19. The van der Waals surface area contributed by atoms with Crippen LogP contribution in [-0.4, -0.2) is 15.7 Å². The average molecular weight is 460 g/mol. The summed E-state index contributed by atoms with van der Waals surface area (Å²) in [7, 11) is 0. The zero-order valence-corrected chi connectivity index (χ0v) is 19.0. The fourth-order valence-corrected chi connectivity index (χ4v) is 5.24. The Balaban J connectivity index is 1.64. The van der Waals surface area contributed by atoms with Crippen LogP contribution >= 0.6 is 0 Å². The van der Waals surface area contributed by atoms with Crippen LogP contribution in [0.25, 0.3) is 5.69 Å². The van der Waals surface area contributed by atoms with Gasteiger partial charge in [0, 0.05) is 11.3 Å². The number of aromatic nitrogens is 2. The molecule has 1 aromatic heterocycles. The standard InChI is InChI=1S/C28H21N5O2/c1-18-24-26(33(31-18)20-12-6-3-7-13-20)35-25(30)22(16-29)28(24)21-14-8-9-15-23(21)32(27(28)34)17-19-10-4-2-5-11-19/h2-15H,17,30H2,1H3. The van der Waals surface area contributed by atoms with E-state index < -0.39 is 5.41 Å². The molecule has 0 aliphatic carbocycles. The highest BCUT2D eigenvalue weighted by Gasteiger charge is 2.61. The van der Waals surface area contributed by atoms with E-state index in [4.69, 9.17) is 15.6 Å². The second kappa shape index (κ2) is 7.61. The number of carbonyl (C=O) groups excluding carboxylic acids is 1. The monoisotopic (exact) mass is 459 g/mol. The Labute approximate surface area is 202 Å². The fraction of sp³-hybridized carbons (Fsp3) is 0.107. The summed E-state index contributed by atoms with van der Waals surface area (Å²) >= 11 is 0. The number of nitriles is 1. The van der Waals surface area contributed by atoms with Crippen molar-refractivity contribution in [3.63, 3.8) is 0 Å². The molecule has 2 N–H and O–H groups in total. The summed E-state index contributed by atoms with van der Waals surface area (Å²) < 4.78 is 7.65. The molecule has 4 aromatic rings. The lowest BCUT2D eigenvalue weighted by Gasteiger charge is -2.33. The number of ether oxygens (including phenoxy) is 1. The van der Waals surface area contributed by atoms with E-state index in [0.717, 1.165) is 16.9 Å². The Hall–Kier alpha value is -4.83. The van der Waals surface area contributed by atoms with Gasteiger partial charge in [0.15, 0.2) is 0 Å². The van der Waals surface area contributed by atoms with Crippen molar-refractivity contribution in [2.75, 3.05) is 4.90 Å². The van der Waals surface area contributed by atoms with Crippen LogP contribution in [0, 0.1) is 18.3 Å². The van der Waals surface area contributed by atoms with Gasteiger partial charge in [-0.3, -0.25) is 4.79 Å². The highest BCUT2D eigenvalue weighted by atomic mass is 16.5. The molecule has 0 bridgehead atoms. The van der Waals surface area contributed by atoms with E-state index in [1.54, 1.807) is 9.58 Å². The van der Waals surface area contributed by atoms with Crippen molar-refractivity contribution in [3.05, 3.63) is 119 Å². The lowest BCUT2D eigenvalue weighted by molar-refractivity contribution is -0.121. The van der Waals surface area contributed by atoms with Crippen molar-refractivity contribution in [2.45, 2.75) is 18.9 Å². The van der Waals surface area contributed by atoms with E-state index in [9.17, 15) is 10.1 Å². The molecular formula is C28H21N5O2. The predicted molar refractivity (Wildman–Crippen MR) is 131 cm³/mol. The number of amides is 1. The summed E-state index contributed by atoms with van der Waals surface area (Å²) in [6, 6.07) is 29.0. The Kier molecular flexibility index (Phi) is 4.51. The Morgan fingerprint density at radius 3 is 2.37 bits per heavy atom. The number of para-hydroxylation sites is 2. The third-order valence-corrected chi connectivity index (χ3v) is 6.68. The number of fused-ring (bicyclic) bond motifs is 4. The number of aryl methyl sites for hydroxylation is 1. The van der Waals surface area contributed by atoms with E-state index in [2.05, 4.69) is 6.07 Å². The molecule has 1 amide bonds. The SMILES string of the molecule is Cc1nn(-c2ccccc2)c2c1C1(C(=O)N(Cc3ccccc3)c3ccccc31)C(C#N)=C(N)O2. The van der Waals surface area contributed by atoms with Gasteiger partial charge in [-0.2, -0.15) is 10.4 Å². The molecule has 7 heteroatoms. The number of hydrogen-bond acceptors (Lipinski definition) is 5. The second-order valence-corrected chi connectivity index (χ2v) is 8.61. The molecule has 7 nitrogen and oxygen atoms in total. The van der Waals surface area contributed by atoms with Crippen molar-refractivity contribution in [3.8, 4) is 17.6 Å². The number of anilines is 1. The van der Waals surface area contributed by atoms with Crippen LogP contribution < -0.4 is 15.4 Å². The lowest BCUT2D eigenvalue weighted by atomic mass is 9.69. The molecule has 0 fully saturated rings. The van der Waals surface area contributed by atoms with Gasteiger partial charge < -0.3 is 15.4 Å². The smallest absolute Gasteiger partial charge is 0.248 e.